The van der Waals surface area contributed by atoms with Gasteiger partial charge in [0.25, 0.3) is 0 Å². The van der Waals surface area contributed by atoms with Gasteiger partial charge in [-0.1, -0.05) is 57.5 Å². The van der Waals surface area contributed by atoms with Gasteiger partial charge in [-0.15, -0.1) is 0 Å². The second-order valence-corrected chi connectivity index (χ2v) is 13.1. The summed E-state index contributed by atoms with van der Waals surface area (Å²) in [4.78, 5) is 19.6. The van der Waals surface area contributed by atoms with Crippen molar-refractivity contribution in [3.05, 3.63) is 82.7 Å². The SMILES string of the molecule is CCCCOC(=O)c1ccccc1-c1c2cc(/C(C)=C\C(C)C)c(=[NH+]CC)cc-2oc2cc3c(cc12)C(C)=CC(C)(C)N3CC. The summed E-state index contributed by atoms with van der Waals surface area (Å²) in [6.07, 6.45) is 6.45. The van der Waals surface area contributed by atoms with Crippen LogP contribution in [0.15, 0.2) is 65.1 Å². The molecule has 45 heavy (non-hydrogen) atoms. The lowest BCUT2D eigenvalue weighted by Crippen LogP contribution is -2.76. The summed E-state index contributed by atoms with van der Waals surface area (Å²) < 4.78 is 12.6. The first-order valence-corrected chi connectivity index (χ1v) is 16.6. The molecule has 5 nitrogen and oxygen atoms in total. The van der Waals surface area contributed by atoms with Crippen LogP contribution in [0, 0.1) is 5.92 Å². The van der Waals surface area contributed by atoms with Gasteiger partial charge in [-0.3, -0.25) is 0 Å². The number of fused-ring (bicyclic) bond motifs is 3. The highest BCUT2D eigenvalue weighted by molar-refractivity contribution is 6.09. The van der Waals surface area contributed by atoms with Crippen molar-refractivity contribution in [1.82, 2.24) is 0 Å². The number of esters is 1. The summed E-state index contributed by atoms with van der Waals surface area (Å²) >= 11 is 0. The smallest absolute Gasteiger partial charge is 0.338 e. The van der Waals surface area contributed by atoms with Crippen molar-refractivity contribution in [3.63, 3.8) is 0 Å². The molecule has 3 aliphatic rings. The minimum Gasteiger partial charge on any atom is -0.462 e. The zero-order valence-corrected chi connectivity index (χ0v) is 28.6. The number of benzene rings is 3. The van der Waals surface area contributed by atoms with Crippen LogP contribution >= 0.6 is 0 Å². The molecule has 0 spiro atoms. The molecule has 1 aliphatic carbocycles. The number of carbonyl (C=O) groups excluding carboxylic acids is 1. The van der Waals surface area contributed by atoms with Crippen LogP contribution in [0.4, 0.5) is 5.69 Å². The number of anilines is 1. The van der Waals surface area contributed by atoms with Crippen molar-refractivity contribution >= 4 is 33.8 Å². The monoisotopic (exact) mass is 605 g/mol. The molecule has 0 saturated heterocycles. The highest BCUT2D eigenvalue weighted by atomic mass is 16.5. The van der Waals surface area contributed by atoms with E-state index in [1.165, 1.54) is 16.7 Å². The summed E-state index contributed by atoms with van der Waals surface area (Å²) in [6.45, 7) is 21.8. The summed E-state index contributed by atoms with van der Waals surface area (Å²) in [6, 6.07) is 16.7. The Bertz CT molecular complexity index is 1840. The molecule has 1 N–H and O–H groups in total. The fourth-order valence-corrected chi connectivity index (χ4v) is 6.89. The highest BCUT2D eigenvalue weighted by Crippen LogP contribution is 2.47. The summed E-state index contributed by atoms with van der Waals surface area (Å²) in [5.41, 5.74) is 9.95. The second-order valence-electron chi connectivity index (χ2n) is 13.1. The van der Waals surface area contributed by atoms with E-state index in [1.807, 2.05) is 24.3 Å². The molecule has 0 amide bonds. The van der Waals surface area contributed by atoms with Gasteiger partial charge < -0.3 is 14.1 Å². The van der Waals surface area contributed by atoms with Crippen LogP contribution < -0.4 is 15.2 Å². The Labute approximate surface area is 268 Å². The van der Waals surface area contributed by atoms with Crippen molar-refractivity contribution in [1.29, 1.82) is 0 Å². The van der Waals surface area contributed by atoms with Gasteiger partial charge in [-0.05, 0) is 88.8 Å². The van der Waals surface area contributed by atoms with Crippen molar-refractivity contribution < 1.29 is 18.9 Å². The minimum absolute atomic E-state index is 0.124. The molecule has 0 unspecified atom stereocenters. The maximum Gasteiger partial charge on any atom is 0.338 e. The Hall–Kier alpha value is -4.12. The Morgan fingerprint density at radius 3 is 2.47 bits per heavy atom. The Morgan fingerprint density at radius 2 is 1.78 bits per heavy atom. The first kappa shape index (κ1) is 32.3. The average molecular weight is 606 g/mol. The molecule has 2 aromatic rings. The van der Waals surface area contributed by atoms with Crippen molar-refractivity contribution in [2.45, 2.75) is 80.7 Å². The van der Waals surface area contributed by atoms with Gasteiger partial charge >= 0.3 is 5.97 Å². The largest absolute Gasteiger partial charge is 0.462 e. The molecule has 0 atom stereocenters. The third kappa shape index (κ3) is 6.22. The van der Waals surface area contributed by atoms with E-state index < -0.39 is 0 Å². The molecular weight excluding hydrogens is 556 g/mol. The number of allylic oxidation sites excluding steroid dienone is 3. The van der Waals surface area contributed by atoms with Gasteiger partial charge in [0.05, 0.1) is 23.8 Å². The molecular formula is C40H49N2O3+. The lowest BCUT2D eigenvalue weighted by Gasteiger charge is -2.43. The van der Waals surface area contributed by atoms with E-state index in [-0.39, 0.29) is 11.5 Å². The summed E-state index contributed by atoms with van der Waals surface area (Å²) in [5.74, 6) is 0.880. The van der Waals surface area contributed by atoms with Gasteiger partial charge in [0.2, 0.25) is 5.36 Å². The normalized spacial score (nSPS) is 15.2. The number of ether oxygens (including phenoxy) is 1. The van der Waals surface area contributed by atoms with Gasteiger partial charge in [-0.2, -0.15) is 0 Å². The molecule has 0 bridgehead atoms. The van der Waals surface area contributed by atoms with E-state index in [0.29, 0.717) is 18.1 Å². The number of carbonyl (C=O) groups is 1. The lowest BCUT2D eigenvalue weighted by atomic mass is 9.85. The van der Waals surface area contributed by atoms with Crippen LogP contribution in [0.2, 0.25) is 0 Å². The van der Waals surface area contributed by atoms with E-state index in [4.69, 9.17) is 9.15 Å². The quantitative estimate of drug-likeness (QED) is 0.119. The Kier molecular flexibility index (Phi) is 9.38. The van der Waals surface area contributed by atoms with Crippen molar-refractivity contribution in [2.75, 3.05) is 24.6 Å². The maximum absolute atomic E-state index is 13.6. The van der Waals surface area contributed by atoms with Crippen LogP contribution in [0.1, 0.15) is 96.6 Å². The van der Waals surface area contributed by atoms with E-state index >= 15 is 0 Å². The van der Waals surface area contributed by atoms with Crippen LogP contribution in [-0.2, 0) is 4.74 Å². The first-order chi connectivity index (χ1) is 21.5. The van der Waals surface area contributed by atoms with Crippen LogP contribution in [0.3, 0.4) is 0 Å². The number of hydrogen-bond donors (Lipinski definition) is 1. The number of nitrogens with one attached hydrogen (secondary N) is 1. The number of likely N-dealkylation sites (N-methyl/N-ethyl adjacent to an activating group) is 1. The van der Waals surface area contributed by atoms with Crippen LogP contribution in [0.25, 0.3) is 44.6 Å². The summed E-state index contributed by atoms with van der Waals surface area (Å²) in [7, 11) is 0. The van der Waals surface area contributed by atoms with E-state index in [9.17, 15) is 4.79 Å². The van der Waals surface area contributed by atoms with Gasteiger partial charge in [0.15, 0.2) is 0 Å². The van der Waals surface area contributed by atoms with E-state index in [1.54, 1.807) is 0 Å². The van der Waals surface area contributed by atoms with Crippen LogP contribution in [0.5, 0.6) is 0 Å². The molecule has 236 valence electrons. The number of nitrogens with zero attached hydrogens (tertiary/aromatic N) is 1. The zero-order chi connectivity index (χ0) is 32.5. The third-order valence-electron chi connectivity index (χ3n) is 8.80. The topological polar surface area (TPSA) is 56.7 Å². The molecule has 0 saturated carbocycles. The zero-order valence-electron chi connectivity index (χ0n) is 28.6. The Balaban J connectivity index is 1.93. The number of unbranched alkanes of at least 4 members (excludes halogenated alkanes) is 1. The van der Waals surface area contributed by atoms with Crippen molar-refractivity contribution in [3.8, 4) is 22.5 Å². The van der Waals surface area contributed by atoms with Gasteiger partial charge in [0.1, 0.15) is 17.9 Å². The van der Waals surface area contributed by atoms with Gasteiger partial charge in [0, 0.05) is 45.9 Å². The fourth-order valence-electron chi connectivity index (χ4n) is 6.89. The minimum atomic E-state index is -0.297. The molecule has 0 fully saturated rings. The standard InChI is InChI=1S/C40H48N2O3/c1-10-13-18-44-39(43)29-17-15-14-16-28(29)38-32-20-30(26(6)19-25(4)5)34(41-11-2)22-36(32)45-37-23-35-31(21-33(37)38)27(7)24-40(8,9)42(35)12-3/h14-17,19-25H,10-13,18H2,1-9H3/p+1/b26-19-,41-34?. The molecule has 5 heteroatoms. The molecule has 2 aliphatic heterocycles. The predicted molar refractivity (Wildman–Crippen MR) is 187 cm³/mol. The molecule has 2 heterocycles. The van der Waals surface area contributed by atoms with E-state index in [2.05, 4.69) is 109 Å². The average Bonchev–Trinajstić information content (AvgIpc) is 2.98. The maximum atomic E-state index is 13.6. The Morgan fingerprint density at radius 1 is 1.02 bits per heavy atom. The third-order valence-corrected chi connectivity index (χ3v) is 8.80. The predicted octanol–water partition coefficient (Wildman–Crippen LogP) is 8.24. The molecule has 2 aromatic carbocycles. The summed E-state index contributed by atoms with van der Waals surface area (Å²) in [5, 5.41) is 2.01. The molecule has 0 aromatic heterocycles. The number of rotatable bonds is 9. The second kappa shape index (κ2) is 13.1. The fraction of sp³-hybridized carbons (Fsp3) is 0.400. The lowest BCUT2D eigenvalue weighted by molar-refractivity contribution is -0.496. The van der Waals surface area contributed by atoms with Crippen LogP contribution in [-0.4, -0.2) is 31.2 Å². The highest BCUT2D eigenvalue weighted by Gasteiger charge is 2.32. The van der Waals surface area contributed by atoms with Gasteiger partial charge in [-0.25, -0.2) is 9.79 Å². The van der Waals surface area contributed by atoms with E-state index in [0.717, 1.165) is 76.0 Å². The first-order valence-electron chi connectivity index (χ1n) is 16.6. The van der Waals surface area contributed by atoms with Crippen molar-refractivity contribution in [2.24, 2.45) is 5.92 Å². The molecule has 5 rings (SSSR count). The number of hydrogen-bond acceptors (Lipinski definition) is 4. The molecule has 0 radical (unpaired) electrons.